The summed E-state index contributed by atoms with van der Waals surface area (Å²) < 4.78 is 12.1. The molecule has 4 nitrogen and oxygen atoms in total. The van der Waals surface area contributed by atoms with Crippen molar-refractivity contribution in [1.82, 2.24) is 4.90 Å². The number of carbonyl (C=O) groups excluding carboxylic acids is 1. The maximum absolute atomic E-state index is 13.0. The van der Waals surface area contributed by atoms with Gasteiger partial charge in [0.1, 0.15) is 6.10 Å². The van der Waals surface area contributed by atoms with Crippen LogP contribution in [-0.4, -0.2) is 48.3 Å². The second-order valence-corrected chi connectivity index (χ2v) is 13.2. The molecule has 1 spiro atoms. The molecule has 0 radical (unpaired) electrons. The number of rotatable bonds is 2. The Kier molecular flexibility index (Phi) is 3.82. The smallest absolute Gasteiger partial charge is 0.310 e. The van der Waals surface area contributed by atoms with E-state index in [9.17, 15) is 4.79 Å². The van der Waals surface area contributed by atoms with Crippen molar-refractivity contribution in [3.05, 3.63) is 0 Å². The highest BCUT2D eigenvalue weighted by atomic mass is 16.6. The Labute approximate surface area is 176 Å². The Morgan fingerprint density at radius 3 is 2.66 bits per heavy atom. The molecule has 8 unspecified atom stereocenters. The first-order valence-corrected chi connectivity index (χ1v) is 12.2. The lowest BCUT2D eigenvalue weighted by atomic mass is 9.53. The predicted molar refractivity (Wildman–Crippen MR) is 111 cm³/mol. The summed E-state index contributed by atoms with van der Waals surface area (Å²) in [5, 5.41) is 0. The number of likely N-dealkylation sites (tertiary alicyclic amines) is 1. The first-order valence-electron chi connectivity index (χ1n) is 12.2. The molecule has 3 aliphatic heterocycles. The van der Waals surface area contributed by atoms with Gasteiger partial charge in [0.2, 0.25) is 0 Å². The fraction of sp³-hybridized carbons (Fsp3) is 0.960. The number of fused-ring (bicyclic) bond motifs is 5. The van der Waals surface area contributed by atoms with Crippen LogP contribution in [0.2, 0.25) is 0 Å². The third-order valence-corrected chi connectivity index (χ3v) is 10.0. The zero-order valence-electron chi connectivity index (χ0n) is 18.8. The van der Waals surface area contributed by atoms with Crippen molar-refractivity contribution in [2.24, 2.45) is 34.0 Å². The van der Waals surface area contributed by atoms with Crippen molar-refractivity contribution in [2.75, 3.05) is 19.7 Å². The summed E-state index contributed by atoms with van der Waals surface area (Å²) >= 11 is 0. The molecule has 3 saturated carbocycles. The van der Waals surface area contributed by atoms with Crippen LogP contribution < -0.4 is 0 Å². The van der Waals surface area contributed by atoms with Crippen LogP contribution in [0.4, 0.5) is 0 Å². The fourth-order valence-electron chi connectivity index (χ4n) is 9.21. The summed E-state index contributed by atoms with van der Waals surface area (Å²) in [6.45, 7) is 12.8. The van der Waals surface area contributed by atoms with Gasteiger partial charge in [0.05, 0.1) is 18.1 Å². The van der Waals surface area contributed by atoms with Gasteiger partial charge in [-0.05, 0) is 73.5 Å². The Morgan fingerprint density at radius 2 is 1.90 bits per heavy atom. The molecule has 0 aromatic carbocycles. The molecule has 3 saturated heterocycles. The largest absolute Gasteiger partial charge is 0.462 e. The lowest BCUT2D eigenvalue weighted by Gasteiger charge is -2.51. The quantitative estimate of drug-likeness (QED) is 0.508. The van der Waals surface area contributed by atoms with Crippen LogP contribution in [0, 0.1) is 34.0 Å². The van der Waals surface area contributed by atoms with Gasteiger partial charge in [-0.15, -0.1) is 0 Å². The molecule has 0 amide bonds. The van der Waals surface area contributed by atoms with E-state index in [2.05, 4.69) is 32.6 Å². The monoisotopic (exact) mass is 401 g/mol. The number of ether oxygens (including phenoxy) is 2. The van der Waals surface area contributed by atoms with Gasteiger partial charge >= 0.3 is 5.97 Å². The average Bonchev–Trinajstić information content (AvgIpc) is 3.23. The van der Waals surface area contributed by atoms with Crippen molar-refractivity contribution >= 4 is 5.97 Å². The van der Waals surface area contributed by atoms with E-state index < -0.39 is 0 Å². The number of epoxide rings is 1. The van der Waals surface area contributed by atoms with Crippen LogP contribution in [0.25, 0.3) is 0 Å². The molecule has 6 rings (SSSR count). The van der Waals surface area contributed by atoms with E-state index in [0.29, 0.717) is 34.1 Å². The van der Waals surface area contributed by atoms with Crippen LogP contribution in [0.3, 0.4) is 0 Å². The maximum Gasteiger partial charge on any atom is 0.310 e. The summed E-state index contributed by atoms with van der Waals surface area (Å²) in [6, 6.07) is 0.650. The molecule has 29 heavy (non-hydrogen) atoms. The van der Waals surface area contributed by atoms with E-state index in [4.69, 9.17) is 9.47 Å². The zero-order chi connectivity index (χ0) is 20.2. The molecular weight excluding hydrogens is 362 g/mol. The first kappa shape index (κ1) is 19.1. The number of nitrogens with zero attached hydrogens (tertiary/aromatic N) is 1. The number of hydrogen-bond donors (Lipinski definition) is 0. The SMILES string of the molecule is CC1(C)CC2CC(C)(CN2CC2C(=O)OC3CC4(C)CCCC5(CO5)C4CC32)C1. The van der Waals surface area contributed by atoms with E-state index in [-0.39, 0.29) is 23.6 Å². The molecule has 162 valence electrons. The Bertz CT molecular complexity index is 730. The highest BCUT2D eigenvalue weighted by molar-refractivity contribution is 5.75. The van der Waals surface area contributed by atoms with Crippen LogP contribution in [-0.2, 0) is 14.3 Å². The van der Waals surface area contributed by atoms with Crippen LogP contribution in [0.5, 0.6) is 0 Å². The van der Waals surface area contributed by atoms with E-state index in [1.807, 2.05) is 0 Å². The van der Waals surface area contributed by atoms with Crippen LogP contribution in [0.15, 0.2) is 0 Å². The summed E-state index contributed by atoms with van der Waals surface area (Å²) in [6.07, 6.45) is 10.0. The Morgan fingerprint density at radius 1 is 1.10 bits per heavy atom. The standard InChI is InChI=1S/C25H39NO3/c1-22(2)9-16-10-23(3,13-22)14-26(16)12-18-17-8-20-24(4,11-19(17)29-21(18)27)6-5-7-25(20)15-28-25/h16-20H,5-15H2,1-4H3. The van der Waals surface area contributed by atoms with E-state index in [0.717, 1.165) is 32.5 Å². The molecule has 6 fully saturated rings. The summed E-state index contributed by atoms with van der Waals surface area (Å²) in [5.41, 5.74) is 1.30. The molecule has 4 heteroatoms. The van der Waals surface area contributed by atoms with Crippen molar-refractivity contribution in [1.29, 1.82) is 0 Å². The van der Waals surface area contributed by atoms with Crippen LogP contribution in [0.1, 0.15) is 79.1 Å². The summed E-state index contributed by atoms with van der Waals surface area (Å²) in [4.78, 5) is 15.7. The Hall–Kier alpha value is -0.610. The van der Waals surface area contributed by atoms with E-state index >= 15 is 0 Å². The number of hydrogen-bond acceptors (Lipinski definition) is 4. The van der Waals surface area contributed by atoms with E-state index in [1.54, 1.807) is 0 Å². The van der Waals surface area contributed by atoms with Gasteiger partial charge in [-0.3, -0.25) is 9.69 Å². The molecule has 0 N–H and O–H groups in total. The maximum atomic E-state index is 13.0. The molecule has 0 aromatic heterocycles. The van der Waals surface area contributed by atoms with Gasteiger partial charge in [0.25, 0.3) is 0 Å². The van der Waals surface area contributed by atoms with Crippen molar-refractivity contribution in [3.63, 3.8) is 0 Å². The van der Waals surface area contributed by atoms with Gasteiger partial charge in [-0.1, -0.05) is 27.7 Å². The zero-order valence-corrected chi connectivity index (χ0v) is 18.8. The topological polar surface area (TPSA) is 42.1 Å². The third-order valence-electron chi connectivity index (χ3n) is 10.0. The molecule has 2 bridgehead atoms. The molecule has 3 heterocycles. The molecule has 0 aromatic rings. The van der Waals surface area contributed by atoms with E-state index in [1.165, 1.54) is 38.5 Å². The number of esters is 1. The van der Waals surface area contributed by atoms with Crippen molar-refractivity contribution in [2.45, 2.75) is 96.8 Å². The highest BCUT2D eigenvalue weighted by Crippen LogP contribution is 2.63. The second-order valence-electron chi connectivity index (χ2n) is 13.2. The predicted octanol–water partition coefficient (Wildman–Crippen LogP) is 4.41. The van der Waals surface area contributed by atoms with Gasteiger partial charge in [-0.2, -0.15) is 0 Å². The average molecular weight is 402 g/mol. The normalized spacial score (nSPS) is 55.4. The molecular formula is C25H39NO3. The minimum atomic E-state index is 0.0772. The molecule has 6 aliphatic rings. The van der Waals surface area contributed by atoms with Gasteiger partial charge in [-0.25, -0.2) is 0 Å². The first-order chi connectivity index (χ1) is 13.6. The van der Waals surface area contributed by atoms with Crippen LogP contribution >= 0.6 is 0 Å². The highest BCUT2D eigenvalue weighted by Gasteiger charge is 2.65. The van der Waals surface area contributed by atoms with Gasteiger partial charge < -0.3 is 9.47 Å². The minimum absolute atomic E-state index is 0.0772. The molecule has 3 aliphatic carbocycles. The fourth-order valence-corrected chi connectivity index (χ4v) is 9.21. The lowest BCUT2D eigenvalue weighted by molar-refractivity contribution is -0.147. The summed E-state index contributed by atoms with van der Waals surface area (Å²) in [7, 11) is 0. The van der Waals surface area contributed by atoms with Gasteiger partial charge in [0, 0.05) is 25.0 Å². The lowest BCUT2D eigenvalue weighted by Crippen LogP contribution is -2.51. The number of carbonyl (C=O) groups is 1. The third kappa shape index (κ3) is 2.87. The Balaban J connectivity index is 1.22. The van der Waals surface area contributed by atoms with Crippen molar-refractivity contribution in [3.8, 4) is 0 Å². The summed E-state index contributed by atoms with van der Waals surface area (Å²) in [5.74, 6) is 1.20. The minimum Gasteiger partial charge on any atom is -0.462 e. The van der Waals surface area contributed by atoms with Crippen molar-refractivity contribution < 1.29 is 14.3 Å². The molecule has 8 atom stereocenters. The van der Waals surface area contributed by atoms with Gasteiger partial charge in [0.15, 0.2) is 0 Å². The second kappa shape index (κ2) is 5.79.